The summed E-state index contributed by atoms with van der Waals surface area (Å²) in [6, 6.07) is 21.9. The number of benzene rings is 3. The van der Waals surface area contributed by atoms with Crippen molar-refractivity contribution in [3.63, 3.8) is 0 Å². The summed E-state index contributed by atoms with van der Waals surface area (Å²) in [6.07, 6.45) is -0.121. The normalized spacial score (nSPS) is 11.6. The van der Waals surface area contributed by atoms with Gasteiger partial charge in [-0.3, -0.25) is 19.0 Å². The lowest BCUT2D eigenvalue weighted by Crippen LogP contribution is -2.25. The highest BCUT2D eigenvalue weighted by Gasteiger charge is 2.25. The molecule has 190 valence electrons. The minimum atomic E-state index is -1.50. The van der Waals surface area contributed by atoms with Crippen LogP contribution in [0.2, 0.25) is 0 Å². The van der Waals surface area contributed by atoms with Crippen molar-refractivity contribution in [2.24, 2.45) is 11.1 Å². The molecule has 0 aliphatic carbocycles. The van der Waals surface area contributed by atoms with Crippen molar-refractivity contribution >= 4 is 39.2 Å². The third-order valence-corrected chi connectivity index (χ3v) is 6.66. The van der Waals surface area contributed by atoms with Crippen molar-refractivity contribution in [3.8, 4) is 5.75 Å². The number of fused-ring (bicyclic) bond motifs is 1. The zero-order valence-electron chi connectivity index (χ0n) is 19.9. The van der Waals surface area contributed by atoms with E-state index in [9.17, 15) is 14.4 Å². The molecule has 37 heavy (non-hydrogen) atoms. The number of nitrogens with zero attached hydrogens (tertiary/aromatic N) is 2. The number of aliphatic carboxylic acids is 2. The van der Waals surface area contributed by atoms with Crippen LogP contribution < -0.4 is 9.61 Å². The Bertz CT molecular complexity index is 1480. The molecule has 4 rings (SSSR count). The quantitative estimate of drug-likeness (QED) is 0.175. The summed E-state index contributed by atoms with van der Waals surface area (Å²) in [5.74, 6) is -3.73. The molecule has 0 saturated heterocycles. The number of ether oxygens (including phenoxy) is 1. The third kappa shape index (κ3) is 6.04. The van der Waals surface area contributed by atoms with Gasteiger partial charge < -0.3 is 19.8 Å². The second-order valence-electron chi connectivity index (χ2n) is 8.12. The molecule has 0 saturated carbocycles. The van der Waals surface area contributed by atoms with E-state index < -0.39 is 17.9 Å². The number of carboxylic acids is 2. The van der Waals surface area contributed by atoms with Gasteiger partial charge in [-0.25, -0.2) is 0 Å². The van der Waals surface area contributed by atoms with Gasteiger partial charge in [-0.15, -0.1) is 0 Å². The van der Waals surface area contributed by atoms with Crippen LogP contribution in [0.1, 0.15) is 16.7 Å². The lowest BCUT2D eigenvalue weighted by atomic mass is 10.00. The molecule has 0 unspecified atom stereocenters. The summed E-state index contributed by atoms with van der Waals surface area (Å²) in [7, 11) is 1.49. The SMILES string of the molecule is CON=C(c1ccccc1)c1ccc2c(c1)sc(=O)n2CCOc1ccc(CC(C(=O)O)C(=O)O)cc1. The summed E-state index contributed by atoms with van der Waals surface area (Å²) >= 11 is 1.14. The van der Waals surface area contributed by atoms with Crippen molar-refractivity contribution in [3.05, 3.63) is 99.2 Å². The van der Waals surface area contributed by atoms with Gasteiger partial charge in [0.25, 0.3) is 0 Å². The van der Waals surface area contributed by atoms with E-state index in [1.807, 2.05) is 48.5 Å². The van der Waals surface area contributed by atoms with Crippen LogP contribution in [-0.2, 0) is 27.4 Å². The van der Waals surface area contributed by atoms with E-state index in [2.05, 4.69) is 5.16 Å². The monoisotopic (exact) mass is 520 g/mol. The first-order chi connectivity index (χ1) is 17.9. The van der Waals surface area contributed by atoms with Crippen LogP contribution >= 0.6 is 11.3 Å². The topological polar surface area (TPSA) is 127 Å². The number of carbonyl (C=O) groups is 2. The van der Waals surface area contributed by atoms with Crippen LogP contribution in [0.4, 0.5) is 0 Å². The first-order valence-corrected chi connectivity index (χ1v) is 12.2. The van der Waals surface area contributed by atoms with Crippen molar-refractivity contribution < 1.29 is 29.4 Å². The van der Waals surface area contributed by atoms with Crippen LogP contribution in [-0.4, -0.2) is 46.1 Å². The fourth-order valence-corrected chi connectivity index (χ4v) is 4.83. The van der Waals surface area contributed by atoms with E-state index in [4.69, 9.17) is 19.8 Å². The zero-order chi connectivity index (χ0) is 26.4. The average Bonchev–Trinajstić information content (AvgIpc) is 3.20. The molecule has 1 aromatic heterocycles. The molecule has 10 heteroatoms. The van der Waals surface area contributed by atoms with Crippen molar-refractivity contribution in [2.75, 3.05) is 13.7 Å². The highest BCUT2D eigenvalue weighted by Crippen LogP contribution is 2.22. The molecular weight excluding hydrogens is 496 g/mol. The van der Waals surface area contributed by atoms with Crippen LogP contribution in [0.15, 0.2) is 82.7 Å². The highest BCUT2D eigenvalue weighted by atomic mass is 32.1. The Balaban J connectivity index is 1.45. The van der Waals surface area contributed by atoms with E-state index in [0.717, 1.165) is 32.7 Å². The Kier molecular flexibility index (Phi) is 7.99. The molecule has 0 radical (unpaired) electrons. The zero-order valence-corrected chi connectivity index (χ0v) is 20.7. The second kappa shape index (κ2) is 11.5. The maximum absolute atomic E-state index is 12.7. The Hall–Kier alpha value is -4.44. The van der Waals surface area contributed by atoms with Gasteiger partial charge in [0.1, 0.15) is 25.2 Å². The molecule has 0 aliphatic heterocycles. The molecule has 0 spiro atoms. The van der Waals surface area contributed by atoms with Crippen LogP contribution in [0.3, 0.4) is 0 Å². The van der Waals surface area contributed by atoms with E-state index in [0.29, 0.717) is 23.6 Å². The van der Waals surface area contributed by atoms with E-state index in [-0.39, 0.29) is 17.9 Å². The van der Waals surface area contributed by atoms with Crippen LogP contribution in [0.25, 0.3) is 10.2 Å². The molecular formula is C27H24N2O7S. The number of hydrogen-bond donors (Lipinski definition) is 2. The molecule has 9 nitrogen and oxygen atoms in total. The fourth-order valence-electron chi connectivity index (χ4n) is 3.88. The molecule has 1 heterocycles. The Labute approximate surface area is 215 Å². The maximum atomic E-state index is 12.7. The first kappa shape index (κ1) is 25.6. The number of carboxylic acid groups (broad SMARTS) is 2. The van der Waals surface area contributed by atoms with Crippen molar-refractivity contribution in [1.29, 1.82) is 0 Å². The minimum Gasteiger partial charge on any atom is -0.492 e. The summed E-state index contributed by atoms with van der Waals surface area (Å²) in [5.41, 5.74) is 3.76. The average molecular weight is 521 g/mol. The predicted molar refractivity (Wildman–Crippen MR) is 140 cm³/mol. The van der Waals surface area contributed by atoms with E-state index in [1.54, 1.807) is 28.8 Å². The molecule has 0 fully saturated rings. The van der Waals surface area contributed by atoms with Gasteiger partial charge >= 0.3 is 16.8 Å². The lowest BCUT2D eigenvalue weighted by Gasteiger charge is -2.10. The molecule has 0 atom stereocenters. The predicted octanol–water partition coefficient (Wildman–Crippen LogP) is 3.87. The van der Waals surface area contributed by atoms with Gasteiger partial charge in [-0.1, -0.05) is 65.0 Å². The van der Waals surface area contributed by atoms with Crippen LogP contribution in [0, 0.1) is 5.92 Å². The standard InChI is InChI=1S/C27H24N2O7S/c1-35-28-24(18-5-3-2-4-6-18)19-9-12-22-23(16-19)37-27(34)29(22)13-14-36-20-10-7-17(8-11-20)15-21(25(30)31)26(32)33/h2-12,16,21H,13-15H2,1H3,(H,30,31)(H,32,33). The van der Waals surface area contributed by atoms with Gasteiger partial charge in [-0.05, 0) is 36.2 Å². The molecule has 3 aromatic carbocycles. The summed E-state index contributed by atoms with van der Waals surface area (Å²) < 4.78 is 8.23. The first-order valence-electron chi connectivity index (χ1n) is 11.3. The molecule has 4 aromatic rings. The molecule has 0 aliphatic rings. The summed E-state index contributed by atoms with van der Waals surface area (Å²) in [5, 5.41) is 22.3. The number of hydrogen-bond acceptors (Lipinski definition) is 7. The van der Waals surface area contributed by atoms with Gasteiger partial charge in [-0.2, -0.15) is 0 Å². The lowest BCUT2D eigenvalue weighted by molar-refractivity contribution is -0.154. The van der Waals surface area contributed by atoms with Crippen molar-refractivity contribution in [1.82, 2.24) is 4.57 Å². The number of rotatable bonds is 11. The fraction of sp³-hybridized carbons (Fsp3) is 0.185. The largest absolute Gasteiger partial charge is 0.492 e. The smallest absolute Gasteiger partial charge is 0.318 e. The third-order valence-electron chi connectivity index (χ3n) is 5.71. The molecule has 0 bridgehead atoms. The van der Waals surface area contributed by atoms with Crippen molar-refractivity contribution in [2.45, 2.75) is 13.0 Å². The molecule has 2 N–H and O–H groups in total. The van der Waals surface area contributed by atoms with E-state index >= 15 is 0 Å². The molecule has 0 amide bonds. The summed E-state index contributed by atoms with van der Waals surface area (Å²) in [4.78, 5) is 39.8. The number of aromatic nitrogens is 1. The van der Waals surface area contributed by atoms with Gasteiger partial charge in [0, 0.05) is 11.1 Å². The Morgan fingerprint density at radius 1 is 0.973 bits per heavy atom. The highest BCUT2D eigenvalue weighted by molar-refractivity contribution is 7.16. The van der Waals surface area contributed by atoms with Gasteiger partial charge in [0.15, 0.2) is 5.92 Å². The van der Waals surface area contributed by atoms with E-state index in [1.165, 1.54) is 7.11 Å². The number of oxime groups is 1. The number of thiazole rings is 1. The Morgan fingerprint density at radius 3 is 2.32 bits per heavy atom. The minimum absolute atomic E-state index is 0.107. The van der Waals surface area contributed by atoms with Crippen LogP contribution in [0.5, 0.6) is 5.75 Å². The maximum Gasteiger partial charge on any atom is 0.318 e. The summed E-state index contributed by atoms with van der Waals surface area (Å²) in [6.45, 7) is 0.567. The Morgan fingerprint density at radius 2 is 1.68 bits per heavy atom. The van der Waals surface area contributed by atoms with Gasteiger partial charge in [0.05, 0.1) is 16.8 Å². The van der Waals surface area contributed by atoms with Gasteiger partial charge in [0.2, 0.25) is 0 Å². The second-order valence-corrected chi connectivity index (χ2v) is 9.11.